The summed E-state index contributed by atoms with van der Waals surface area (Å²) in [5, 5.41) is 0. The minimum Gasteiger partial charge on any atom is -0.341 e. The minimum atomic E-state index is -0.912. The van der Waals surface area contributed by atoms with Crippen molar-refractivity contribution in [3.05, 3.63) is 65.5 Å². The van der Waals surface area contributed by atoms with E-state index >= 15 is 0 Å². The Kier molecular flexibility index (Phi) is 5.71. The van der Waals surface area contributed by atoms with E-state index in [4.69, 9.17) is 0 Å². The number of hydrogen-bond acceptors (Lipinski definition) is 3. The van der Waals surface area contributed by atoms with Gasteiger partial charge in [0, 0.05) is 45.1 Å². The number of aromatic nitrogens is 1. The lowest BCUT2D eigenvalue weighted by atomic mass is 10.1. The van der Waals surface area contributed by atoms with Gasteiger partial charge < -0.3 is 4.90 Å². The molecule has 1 saturated heterocycles. The van der Waals surface area contributed by atoms with Crippen LogP contribution in [-0.4, -0.2) is 46.9 Å². The predicted molar refractivity (Wildman–Crippen MR) is 90.8 cm³/mol. The van der Waals surface area contributed by atoms with Gasteiger partial charge >= 0.3 is 0 Å². The summed E-state index contributed by atoms with van der Waals surface area (Å²) in [6.45, 7) is 3.90. The van der Waals surface area contributed by atoms with Crippen molar-refractivity contribution in [2.45, 2.75) is 19.4 Å². The van der Waals surface area contributed by atoms with E-state index in [1.165, 1.54) is 11.6 Å². The first-order valence-corrected chi connectivity index (χ1v) is 8.45. The quantitative estimate of drug-likeness (QED) is 0.855. The number of carbonyl (C=O) groups is 1. The maximum Gasteiger partial charge on any atom is 0.227 e. The summed E-state index contributed by atoms with van der Waals surface area (Å²) in [4.78, 5) is 20.6. The molecule has 1 aromatic carbocycles. The first-order valence-electron chi connectivity index (χ1n) is 8.45. The van der Waals surface area contributed by atoms with Gasteiger partial charge in [0.15, 0.2) is 11.6 Å². The molecule has 1 aromatic heterocycles. The Bertz CT molecular complexity index is 724. The Balaban J connectivity index is 1.55. The number of rotatable bonds is 4. The second-order valence-electron chi connectivity index (χ2n) is 6.29. The normalized spacial score (nSPS) is 15.8. The van der Waals surface area contributed by atoms with Crippen molar-refractivity contribution in [3.63, 3.8) is 0 Å². The molecule has 0 radical (unpaired) electrons. The van der Waals surface area contributed by atoms with E-state index in [1.807, 2.05) is 17.0 Å². The van der Waals surface area contributed by atoms with Gasteiger partial charge in [-0.3, -0.25) is 14.7 Å². The summed E-state index contributed by atoms with van der Waals surface area (Å²) >= 11 is 0. The molecule has 132 valence electrons. The third-order valence-electron chi connectivity index (χ3n) is 4.44. The third-order valence-corrected chi connectivity index (χ3v) is 4.44. The molecule has 0 saturated carbocycles. The Morgan fingerprint density at radius 2 is 1.76 bits per heavy atom. The maximum absolute atomic E-state index is 13.3. The zero-order valence-electron chi connectivity index (χ0n) is 14.0. The van der Waals surface area contributed by atoms with Gasteiger partial charge in [-0.1, -0.05) is 6.07 Å². The van der Waals surface area contributed by atoms with Gasteiger partial charge in [0.2, 0.25) is 5.91 Å². The summed E-state index contributed by atoms with van der Waals surface area (Å²) in [5.74, 6) is -1.85. The molecule has 1 fully saturated rings. The zero-order chi connectivity index (χ0) is 17.6. The molecule has 0 bridgehead atoms. The molecule has 0 atom stereocenters. The van der Waals surface area contributed by atoms with Gasteiger partial charge in [0.25, 0.3) is 0 Å². The summed E-state index contributed by atoms with van der Waals surface area (Å²) < 4.78 is 26.3. The number of halogens is 2. The standard InChI is InChI=1S/C19H21F2N3O/c20-17-3-2-16(12-18(17)21)13-19(25)24-9-1-8-23(10-11-24)14-15-4-6-22-7-5-15/h2-7,12H,1,8-11,13-14H2. The first-order chi connectivity index (χ1) is 12.1. The van der Waals surface area contributed by atoms with Crippen LogP contribution in [0.3, 0.4) is 0 Å². The molecule has 1 aliphatic heterocycles. The number of amides is 1. The molecule has 2 heterocycles. The number of hydrogen-bond donors (Lipinski definition) is 0. The molecule has 0 N–H and O–H groups in total. The Labute approximate surface area is 146 Å². The van der Waals surface area contributed by atoms with Crippen LogP contribution in [-0.2, 0) is 17.8 Å². The fraction of sp³-hybridized carbons (Fsp3) is 0.368. The summed E-state index contributed by atoms with van der Waals surface area (Å²) in [5.41, 5.74) is 1.71. The summed E-state index contributed by atoms with van der Waals surface area (Å²) in [6, 6.07) is 7.62. The van der Waals surface area contributed by atoms with Gasteiger partial charge in [-0.25, -0.2) is 8.78 Å². The van der Waals surface area contributed by atoms with Crippen molar-refractivity contribution in [1.29, 1.82) is 0 Å². The lowest BCUT2D eigenvalue weighted by Crippen LogP contribution is -2.36. The van der Waals surface area contributed by atoms with Crippen molar-refractivity contribution >= 4 is 5.91 Å². The molecular formula is C19H21F2N3O. The highest BCUT2D eigenvalue weighted by Gasteiger charge is 2.19. The second-order valence-corrected chi connectivity index (χ2v) is 6.29. The highest BCUT2D eigenvalue weighted by Crippen LogP contribution is 2.13. The highest BCUT2D eigenvalue weighted by atomic mass is 19.2. The maximum atomic E-state index is 13.3. The van der Waals surface area contributed by atoms with Crippen LogP contribution >= 0.6 is 0 Å². The van der Waals surface area contributed by atoms with E-state index in [-0.39, 0.29) is 12.3 Å². The average molecular weight is 345 g/mol. The van der Waals surface area contributed by atoms with Crippen LogP contribution in [0.2, 0.25) is 0 Å². The summed E-state index contributed by atoms with van der Waals surface area (Å²) in [6.07, 6.45) is 4.56. The Morgan fingerprint density at radius 3 is 2.52 bits per heavy atom. The number of benzene rings is 1. The minimum absolute atomic E-state index is 0.0447. The number of carbonyl (C=O) groups excluding carboxylic acids is 1. The topological polar surface area (TPSA) is 36.4 Å². The number of pyridine rings is 1. The molecule has 1 amide bonds. The average Bonchev–Trinajstić information content (AvgIpc) is 2.85. The van der Waals surface area contributed by atoms with Gasteiger partial charge in [-0.2, -0.15) is 0 Å². The number of nitrogens with zero attached hydrogens (tertiary/aromatic N) is 3. The van der Waals surface area contributed by atoms with Gasteiger partial charge in [-0.05, 0) is 41.8 Å². The summed E-state index contributed by atoms with van der Waals surface area (Å²) in [7, 11) is 0. The van der Waals surface area contributed by atoms with E-state index in [0.29, 0.717) is 18.7 Å². The molecule has 25 heavy (non-hydrogen) atoms. The lowest BCUT2D eigenvalue weighted by molar-refractivity contribution is -0.130. The highest BCUT2D eigenvalue weighted by molar-refractivity contribution is 5.78. The fourth-order valence-electron chi connectivity index (χ4n) is 3.06. The molecule has 0 unspecified atom stereocenters. The molecule has 0 spiro atoms. The Morgan fingerprint density at radius 1 is 0.960 bits per heavy atom. The van der Waals surface area contributed by atoms with Gasteiger partial charge in [0.1, 0.15) is 0 Å². The smallest absolute Gasteiger partial charge is 0.227 e. The van der Waals surface area contributed by atoms with Crippen molar-refractivity contribution < 1.29 is 13.6 Å². The van der Waals surface area contributed by atoms with Crippen LogP contribution in [0, 0.1) is 11.6 Å². The monoisotopic (exact) mass is 345 g/mol. The van der Waals surface area contributed by atoms with Crippen LogP contribution < -0.4 is 0 Å². The van der Waals surface area contributed by atoms with E-state index in [1.54, 1.807) is 12.4 Å². The molecular weight excluding hydrogens is 324 g/mol. The van der Waals surface area contributed by atoms with Crippen LogP contribution in [0.5, 0.6) is 0 Å². The second kappa shape index (κ2) is 8.16. The predicted octanol–water partition coefficient (Wildman–Crippen LogP) is 2.64. The largest absolute Gasteiger partial charge is 0.341 e. The molecule has 6 heteroatoms. The van der Waals surface area contributed by atoms with Crippen LogP contribution in [0.4, 0.5) is 8.78 Å². The molecule has 0 aliphatic carbocycles. The van der Waals surface area contributed by atoms with Crippen LogP contribution in [0.25, 0.3) is 0 Å². The van der Waals surface area contributed by atoms with Crippen molar-refractivity contribution in [2.24, 2.45) is 0 Å². The molecule has 1 aliphatic rings. The molecule has 3 rings (SSSR count). The first kappa shape index (κ1) is 17.5. The van der Waals surface area contributed by atoms with Crippen LogP contribution in [0.1, 0.15) is 17.5 Å². The van der Waals surface area contributed by atoms with E-state index in [9.17, 15) is 13.6 Å². The van der Waals surface area contributed by atoms with Crippen molar-refractivity contribution in [2.75, 3.05) is 26.2 Å². The van der Waals surface area contributed by atoms with Crippen LogP contribution in [0.15, 0.2) is 42.7 Å². The van der Waals surface area contributed by atoms with Crippen molar-refractivity contribution in [1.82, 2.24) is 14.8 Å². The third kappa shape index (κ3) is 4.82. The fourth-order valence-corrected chi connectivity index (χ4v) is 3.06. The SMILES string of the molecule is O=C(Cc1ccc(F)c(F)c1)N1CCCN(Cc2ccncc2)CC1. The molecule has 2 aromatic rings. The van der Waals surface area contributed by atoms with E-state index in [2.05, 4.69) is 9.88 Å². The Hall–Kier alpha value is -2.34. The zero-order valence-corrected chi connectivity index (χ0v) is 14.0. The molecule has 4 nitrogen and oxygen atoms in total. The van der Waals surface area contributed by atoms with E-state index < -0.39 is 11.6 Å². The van der Waals surface area contributed by atoms with Crippen molar-refractivity contribution in [3.8, 4) is 0 Å². The lowest BCUT2D eigenvalue weighted by Gasteiger charge is -2.22. The van der Waals surface area contributed by atoms with Gasteiger partial charge in [-0.15, -0.1) is 0 Å². The van der Waals surface area contributed by atoms with Gasteiger partial charge in [0.05, 0.1) is 6.42 Å². The van der Waals surface area contributed by atoms with E-state index in [0.717, 1.165) is 38.2 Å².